The molecule has 0 aliphatic carbocycles. The minimum Gasteiger partial charge on any atom is -0.493 e. The molecular weight excluding hydrogens is 527 g/mol. The van der Waals surface area contributed by atoms with Gasteiger partial charge in [0, 0.05) is 25.7 Å². The number of benzene rings is 2. The number of alkyl halides is 3. The van der Waals surface area contributed by atoms with E-state index in [2.05, 4.69) is 9.62 Å². The summed E-state index contributed by atoms with van der Waals surface area (Å²) >= 11 is 0. The predicted molar refractivity (Wildman–Crippen MR) is 128 cm³/mol. The van der Waals surface area contributed by atoms with E-state index < -0.39 is 37.3 Å². The summed E-state index contributed by atoms with van der Waals surface area (Å²) in [6.45, 7) is 2.23. The summed E-state index contributed by atoms with van der Waals surface area (Å²) in [6.07, 6.45) is -2.89. The molecule has 36 heavy (non-hydrogen) atoms. The Labute approximate surface area is 213 Å². The van der Waals surface area contributed by atoms with Gasteiger partial charge in [0.15, 0.2) is 16.4 Å². The summed E-state index contributed by atoms with van der Waals surface area (Å²) < 4.78 is 76.5. The smallest absolute Gasteiger partial charge is 0.416 e. The Morgan fingerprint density at radius 3 is 2.31 bits per heavy atom. The van der Waals surface area contributed by atoms with Gasteiger partial charge in [-0.1, -0.05) is 0 Å². The van der Waals surface area contributed by atoms with Crippen molar-refractivity contribution >= 4 is 28.1 Å². The minimum atomic E-state index is -4.83. The first-order valence-corrected chi connectivity index (χ1v) is 12.3. The van der Waals surface area contributed by atoms with Crippen LogP contribution in [0.15, 0.2) is 35.2 Å². The lowest BCUT2D eigenvalue weighted by Gasteiger charge is -2.29. The number of unbranched alkanes of at least 4 members (excludes halogenated alkanes) is 1. The topological polar surface area (TPSA) is 111 Å². The van der Waals surface area contributed by atoms with Crippen molar-refractivity contribution in [2.24, 2.45) is 0 Å². The van der Waals surface area contributed by atoms with Crippen LogP contribution in [0.5, 0.6) is 11.5 Å². The molecule has 2 aromatic carbocycles. The largest absolute Gasteiger partial charge is 0.493 e. The quantitative estimate of drug-likeness (QED) is 0.267. The van der Waals surface area contributed by atoms with Crippen LogP contribution in [0.4, 0.5) is 18.9 Å². The number of nitro benzene ring substituents is 1. The Morgan fingerprint density at radius 2 is 1.72 bits per heavy atom. The summed E-state index contributed by atoms with van der Waals surface area (Å²) in [7, 11) is -1.19. The molecule has 9 nitrogen and oxygen atoms in total. The number of hydrogen-bond donors (Lipinski definition) is 1. The van der Waals surface area contributed by atoms with E-state index in [1.54, 1.807) is 14.2 Å². The van der Waals surface area contributed by atoms with Crippen LogP contribution in [0, 0.1) is 10.1 Å². The SMILES string of the molecule is COc1cc2c(cc1OC)CN(CCCCNS(=O)(=O)c1ccc(C(F)(F)F)cc1[N+](=O)[O-])CC2.Cl. The summed E-state index contributed by atoms with van der Waals surface area (Å²) in [5.41, 5.74) is -0.0947. The highest BCUT2D eigenvalue weighted by Gasteiger charge is 2.35. The molecule has 1 heterocycles. The van der Waals surface area contributed by atoms with Crippen LogP contribution in [0.1, 0.15) is 29.5 Å². The standard InChI is InChI=1S/C22H26F3N3O6S.ClH/c1-33-19-11-15-7-10-27(14-16(15)12-20(19)34-2)9-4-3-8-26-35(31,32)21-6-5-17(22(23,24)25)13-18(21)28(29)30;/h5-6,11-13,26H,3-4,7-10,14H2,1-2H3;1H. The van der Waals surface area contributed by atoms with Gasteiger partial charge in [-0.2, -0.15) is 13.2 Å². The van der Waals surface area contributed by atoms with E-state index in [0.29, 0.717) is 49.6 Å². The summed E-state index contributed by atoms with van der Waals surface area (Å²) in [4.78, 5) is 11.5. The second-order valence-corrected chi connectivity index (χ2v) is 9.78. The summed E-state index contributed by atoms with van der Waals surface area (Å²) in [5.74, 6) is 1.33. The number of nitrogens with zero attached hydrogens (tertiary/aromatic N) is 2. The van der Waals surface area contributed by atoms with Gasteiger partial charge in [-0.05, 0) is 61.2 Å². The average Bonchev–Trinajstić information content (AvgIpc) is 2.81. The number of rotatable bonds is 10. The Balaban J connectivity index is 0.00000456. The number of fused-ring (bicyclic) bond motifs is 1. The van der Waals surface area contributed by atoms with Crippen LogP contribution < -0.4 is 14.2 Å². The lowest BCUT2D eigenvalue weighted by molar-refractivity contribution is -0.388. The molecule has 0 saturated heterocycles. The first-order valence-electron chi connectivity index (χ1n) is 10.8. The molecule has 1 aliphatic rings. The predicted octanol–water partition coefficient (Wildman–Crippen LogP) is 4.17. The van der Waals surface area contributed by atoms with E-state index in [1.165, 1.54) is 5.56 Å². The summed E-state index contributed by atoms with van der Waals surface area (Å²) in [5, 5.41) is 11.2. The molecular formula is C22H27ClF3N3O6S. The first kappa shape index (κ1) is 29.6. The number of hydrogen-bond acceptors (Lipinski definition) is 7. The molecule has 0 aromatic heterocycles. The Bertz CT molecular complexity index is 1190. The zero-order chi connectivity index (χ0) is 25.8. The van der Waals surface area contributed by atoms with Crippen LogP contribution in [0.25, 0.3) is 0 Å². The minimum absolute atomic E-state index is 0. The molecule has 0 amide bonds. The third kappa shape index (κ3) is 6.99. The van der Waals surface area contributed by atoms with Crippen molar-refractivity contribution in [1.82, 2.24) is 9.62 Å². The zero-order valence-corrected chi connectivity index (χ0v) is 21.3. The molecule has 0 radical (unpaired) electrons. The lowest BCUT2D eigenvalue weighted by atomic mass is 9.98. The molecule has 0 bridgehead atoms. The van der Waals surface area contributed by atoms with Crippen molar-refractivity contribution < 1.29 is 36.0 Å². The van der Waals surface area contributed by atoms with Gasteiger partial charge in [0.05, 0.1) is 24.7 Å². The number of ether oxygens (including phenoxy) is 2. The molecule has 0 atom stereocenters. The van der Waals surface area contributed by atoms with Crippen LogP contribution in [0.3, 0.4) is 0 Å². The number of sulfonamides is 1. The molecule has 0 saturated carbocycles. The van der Waals surface area contributed by atoms with Gasteiger partial charge in [-0.25, -0.2) is 13.1 Å². The Morgan fingerprint density at radius 1 is 1.08 bits per heavy atom. The van der Waals surface area contributed by atoms with Crippen molar-refractivity contribution in [3.8, 4) is 11.5 Å². The molecule has 200 valence electrons. The van der Waals surface area contributed by atoms with Gasteiger partial charge >= 0.3 is 6.18 Å². The van der Waals surface area contributed by atoms with E-state index >= 15 is 0 Å². The van der Waals surface area contributed by atoms with Crippen LogP contribution in [0.2, 0.25) is 0 Å². The average molecular weight is 554 g/mol. The van der Waals surface area contributed by atoms with Crippen molar-refractivity contribution in [2.45, 2.75) is 36.9 Å². The van der Waals surface area contributed by atoms with Gasteiger partial charge in [0.1, 0.15) is 0 Å². The number of methoxy groups -OCH3 is 2. The maximum absolute atomic E-state index is 12.9. The highest BCUT2D eigenvalue weighted by atomic mass is 35.5. The fraction of sp³-hybridized carbons (Fsp3) is 0.455. The van der Waals surface area contributed by atoms with Gasteiger partial charge in [-0.3, -0.25) is 15.0 Å². The highest BCUT2D eigenvalue weighted by molar-refractivity contribution is 7.89. The summed E-state index contributed by atoms with van der Waals surface area (Å²) in [6, 6.07) is 5.28. The molecule has 1 aliphatic heterocycles. The highest BCUT2D eigenvalue weighted by Crippen LogP contribution is 2.35. The van der Waals surface area contributed by atoms with Gasteiger partial charge in [0.2, 0.25) is 10.0 Å². The fourth-order valence-corrected chi connectivity index (χ4v) is 5.17. The van der Waals surface area contributed by atoms with Gasteiger partial charge in [0.25, 0.3) is 5.69 Å². The number of nitro groups is 1. The first-order chi connectivity index (χ1) is 16.5. The van der Waals surface area contributed by atoms with E-state index in [9.17, 15) is 31.7 Å². The zero-order valence-electron chi connectivity index (χ0n) is 19.6. The number of halogens is 4. The number of nitrogens with one attached hydrogen (secondary N) is 1. The van der Waals surface area contributed by atoms with Crippen molar-refractivity contribution in [1.29, 1.82) is 0 Å². The van der Waals surface area contributed by atoms with Crippen molar-refractivity contribution in [3.63, 3.8) is 0 Å². The second-order valence-electron chi connectivity index (χ2n) is 8.04. The van der Waals surface area contributed by atoms with E-state index in [-0.39, 0.29) is 25.0 Å². The third-order valence-corrected chi connectivity index (χ3v) is 7.27. The molecule has 14 heteroatoms. The van der Waals surface area contributed by atoms with E-state index in [0.717, 1.165) is 18.5 Å². The van der Waals surface area contributed by atoms with Crippen LogP contribution >= 0.6 is 12.4 Å². The van der Waals surface area contributed by atoms with Crippen molar-refractivity contribution in [2.75, 3.05) is 33.9 Å². The Kier molecular flexibility index (Phi) is 9.94. The van der Waals surface area contributed by atoms with Crippen LogP contribution in [-0.4, -0.2) is 52.1 Å². The fourth-order valence-electron chi connectivity index (χ4n) is 3.94. The molecule has 0 fully saturated rings. The van der Waals surface area contributed by atoms with Crippen molar-refractivity contribution in [3.05, 3.63) is 57.1 Å². The van der Waals surface area contributed by atoms with Gasteiger partial charge < -0.3 is 9.47 Å². The maximum atomic E-state index is 12.9. The monoisotopic (exact) mass is 553 g/mol. The lowest BCUT2D eigenvalue weighted by Crippen LogP contribution is -2.32. The normalized spacial score (nSPS) is 14.0. The molecule has 2 aromatic rings. The molecule has 0 unspecified atom stereocenters. The van der Waals surface area contributed by atoms with E-state index in [4.69, 9.17) is 9.47 Å². The van der Waals surface area contributed by atoms with E-state index in [1.807, 2.05) is 12.1 Å². The molecule has 3 rings (SSSR count). The van der Waals surface area contributed by atoms with Gasteiger partial charge in [-0.15, -0.1) is 12.4 Å². The second kappa shape index (κ2) is 12.1. The maximum Gasteiger partial charge on any atom is 0.416 e. The molecule has 1 N–H and O–H groups in total. The van der Waals surface area contributed by atoms with Crippen LogP contribution in [-0.2, 0) is 29.2 Å². The Hall–Kier alpha value is -2.61. The molecule has 0 spiro atoms. The third-order valence-electron chi connectivity index (χ3n) is 5.76.